The summed E-state index contributed by atoms with van der Waals surface area (Å²) in [7, 11) is 0. The van der Waals surface area contributed by atoms with Crippen molar-refractivity contribution >= 4 is 23.2 Å². The van der Waals surface area contributed by atoms with Crippen LogP contribution in [0.15, 0.2) is 18.2 Å². The second-order valence-corrected chi connectivity index (χ2v) is 6.04. The highest BCUT2D eigenvalue weighted by molar-refractivity contribution is 6.34. The molecule has 6 heteroatoms. The van der Waals surface area contributed by atoms with E-state index in [0.29, 0.717) is 21.7 Å². The zero-order chi connectivity index (χ0) is 16.3. The average molecular weight is 338 g/mol. The van der Waals surface area contributed by atoms with Gasteiger partial charge in [-0.1, -0.05) is 30.1 Å². The van der Waals surface area contributed by atoms with Crippen molar-refractivity contribution in [1.29, 1.82) is 5.26 Å². The van der Waals surface area contributed by atoms with Crippen LogP contribution in [0.2, 0.25) is 10.0 Å². The summed E-state index contributed by atoms with van der Waals surface area (Å²) in [5, 5.41) is 14.5. The SMILES string of the molecule is CCc1c(CC#N)nn(C(C)C)c1Oc1cc(Cl)cc(Cl)c1. The van der Waals surface area contributed by atoms with E-state index in [1.165, 1.54) is 0 Å². The Morgan fingerprint density at radius 1 is 1.27 bits per heavy atom. The average Bonchev–Trinajstić information content (AvgIpc) is 2.76. The first kappa shape index (κ1) is 16.7. The molecule has 0 radical (unpaired) electrons. The van der Waals surface area contributed by atoms with Gasteiger partial charge in [0.25, 0.3) is 0 Å². The Morgan fingerprint density at radius 2 is 1.91 bits per heavy atom. The Hall–Kier alpha value is -1.70. The topological polar surface area (TPSA) is 50.8 Å². The van der Waals surface area contributed by atoms with Gasteiger partial charge in [-0.2, -0.15) is 10.4 Å². The summed E-state index contributed by atoms with van der Waals surface area (Å²) in [6, 6.07) is 7.32. The van der Waals surface area contributed by atoms with E-state index < -0.39 is 0 Å². The van der Waals surface area contributed by atoms with Crippen molar-refractivity contribution in [1.82, 2.24) is 9.78 Å². The van der Waals surface area contributed by atoms with Crippen LogP contribution >= 0.6 is 23.2 Å². The molecule has 0 amide bonds. The minimum absolute atomic E-state index is 0.113. The van der Waals surface area contributed by atoms with Gasteiger partial charge in [-0.05, 0) is 38.5 Å². The maximum atomic E-state index is 8.97. The number of hydrogen-bond donors (Lipinski definition) is 0. The third-order valence-electron chi connectivity index (χ3n) is 3.18. The Morgan fingerprint density at radius 3 is 2.41 bits per heavy atom. The molecule has 2 rings (SSSR count). The lowest BCUT2D eigenvalue weighted by molar-refractivity contribution is 0.385. The zero-order valence-electron chi connectivity index (χ0n) is 12.7. The van der Waals surface area contributed by atoms with Crippen molar-refractivity contribution < 1.29 is 4.74 Å². The van der Waals surface area contributed by atoms with Crippen LogP contribution in [0.3, 0.4) is 0 Å². The molecule has 116 valence electrons. The van der Waals surface area contributed by atoms with Gasteiger partial charge in [0.2, 0.25) is 5.88 Å². The van der Waals surface area contributed by atoms with E-state index in [0.717, 1.165) is 17.7 Å². The van der Waals surface area contributed by atoms with E-state index in [-0.39, 0.29) is 12.5 Å². The minimum Gasteiger partial charge on any atom is -0.439 e. The lowest BCUT2D eigenvalue weighted by Crippen LogP contribution is -2.05. The summed E-state index contributed by atoms with van der Waals surface area (Å²) in [6.07, 6.45) is 0.989. The van der Waals surface area contributed by atoms with Crippen molar-refractivity contribution in [3.05, 3.63) is 39.5 Å². The van der Waals surface area contributed by atoms with Crippen LogP contribution in [0.25, 0.3) is 0 Å². The van der Waals surface area contributed by atoms with E-state index in [2.05, 4.69) is 11.2 Å². The number of hydrogen-bond acceptors (Lipinski definition) is 3. The van der Waals surface area contributed by atoms with Gasteiger partial charge in [0, 0.05) is 15.6 Å². The number of nitrogens with zero attached hydrogens (tertiary/aromatic N) is 3. The van der Waals surface area contributed by atoms with E-state index in [1.807, 2.05) is 20.8 Å². The van der Waals surface area contributed by atoms with Gasteiger partial charge in [0.1, 0.15) is 5.75 Å². The summed E-state index contributed by atoms with van der Waals surface area (Å²) in [5.41, 5.74) is 1.69. The first-order valence-electron chi connectivity index (χ1n) is 7.07. The fraction of sp³-hybridized carbons (Fsp3) is 0.375. The third-order valence-corrected chi connectivity index (χ3v) is 3.62. The summed E-state index contributed by atoms with van der Waals surface area (Å²) in [4.78, 5) is 0. The number of benzene rings is 1. The van der Waals surface area contributed by atoms with Crippen LogP contribution in [0.5, 0.6) is 11.6 Å². The maximum absolute atomic E-state index is 8.97. The maximum Gasteiger partial charge on any atom is 0.221 e. The number of halogens is 2. The molecule has 0 fully saturated rings. The Balaban J connectivity index is 2.50. The number of rotatable bonds is 5. The number of nitriles is 1. The van der Waals surface area contributed by atoms with E-state index in [1.54, 1.807) is 22.9 Å². The molecule has 0 saturated heterocycles. The van der Waals surface area contributed by atoms with Crippen molar-refractivity contribution in [2.75, 3.05) is 0 Å². The second-order valence-electron chi connectivity index (χ2n) is 5.16. The fourth-order valence-electron chi connectivity index (χ4n) is 2.23. The lowest BCUT2D eigenvalue weighted by Gasteiger charge is -2.13. The van der Waals surface area contributed by atoms with Gasteiger partial charge in [-0.15, -0.1) is 0 Å². The number of ether oxygens (including phenoxy) is 1. The predicted molar refractivity (Wildman–Crippen MR) is 87.8 cm³/mol. The van der Waals surface area contributed by atoms with E-state index in [9.17, 15) is 0 Å². The highest BCUT2D eigenvalue weighted by Gasteiger charge is 2.20. The van der Waals surface area contributed by atoms with Gasteiger partial charge in [0.15, 0.2) is 0 Å². The molecule has 0 N–H and O–H groups in total. The molecule has 2 aromatic rings. The molecule has 22 heavy (non-hydrogen) atoms. The molecule has 0 unspecified atom stereocenters. The van der Waals surface area contributed by atoms with Crippen molar-refractivity contribution in [3.63, 3.8) is 0 Å². The van der Waals surface area contributed by atoms with Crippen molar-refractivity contribution in [2.24, 2.45) is 0 Å². The highest BCUT2D eigenvalue weighted by atomic mass is 35.5. The van der Waals surface area contributed by atoms with Gasteiger partial charge in [-0.25, -0.2) is 4.68 Å². The van der Waals surface area contributed by atoms with Crippen LogP contribution < -0.4 is 4.74 Å². The molecule has 1 aromatic carbocycles. The van der Waals surface area contributed by atoms with Crippen molar-refractivity contribution in [2.45, 2.75) is 39.7 Å². The monoisotopic (exact) mass is 337 g/mol. The standard InChI is InChI=1S/C16H17Cl2N3O/c1-4-14-15(5-6-19)20-21(10(2)3)16(14)22-13-8-11(17)7-12(18)9-13/h7-10H,4-5H2,1-3H3. The van der Waals surface area contributed by atoms with Gasteiger partial charge in [0.05, 0.1) is 24.2 Å². The van der Waals surface area contributed by atoms with Gasteiger partial charge >= 0.3 is 0 Å². The molecule has 0 aliphatic carbocycles. The largest absolute Gasteiger partial charge is 0.439 e. The number of aromatic nitrogens is 2. The Bertz CT molecular complexity index is 697. The first-order valence-corrected chi connectivity index (χ1v) is 7.83. The molecular weight excluding hydrogens is 321 g/mol. The quantitative estimate of drug-likeness (QED) is 0.754. The Labute approximate surface area is 140 Å². The molecule has 4 nitrogen and oxygen atoms in total. The second kappa shape index (κ2) is 7.04. The molecule has 0 atom stereocenters. The smallest absolute Gasteiger partial charge is 0.221 e. The molecule has 0 aliphatic heterocycles. The van der Waals surface area contributed by atoms with Crippen LogP contribution in [0.1, 0.15) is 38.1 Å². The van der Waals surface area contributed by atoms with E-state index in [4.69, 9.17) is 33.2 Å². The minimum atomic E-state index is 0.113. The molecule has 0 saturated carbocycles. The van der Waals surface area contributed by atoms with Crippen molar-refractivity contribution in [3.8, 4) is 17.7 Å². The van der Waals surface area contributed by atoms with Crippen LogP contribution in [0.4, 0.5) is 0 Å². The molecule has 1 heterocycles. The fourth-order valence-corrected chi connectivity index (χ4v) is 2.73. The molecule has 0 aliphatic rings. The zero-order valence-corrected chi connectivity index (χ0v) is 14.2. The van der Waals surface area contributed by atoms with Crippen LogP contribution in [-0.4, -0.2) is 9.78 Å². The molecule has 0 spiro atoms. The summed E-state index contributed by atoms with van der Waals surface area (Å²) in [5.74, 6) is 1.19. The van der Waals surface area contributed by atoms with Gasteiger partial charge in [-0.3, -0.25) is 0 Å². The summed E-state index contributed by atoms with van der Waals surface area (Å²) in [6.45, 7) is 6.04. The Kier molecular flexibility index (Phi) is 5.33. The third kappa shape index (κ3) is 3.55. The normalized spacial score (nSPS) is 10.8. The van der Waals surface area contributed by atoms with Crippen LogP contribution in [-0.2, 0) is 12.8 Å². The molecular formula is C16H17Cl2N3O. The highest BCUT2D eigenvalue weighted by Crippen LogP contribution is 2.33. The summed E-state index contributed by atoms with van der Waals surface area (Å²) >= 11 is 12.0. The molecule has 0 bridgehead atoms. The summed E-state index contributed by atoms with van der Waals surface area (Å²) < 4.78 is 7.80. The van der Waals surface area contributed by atoms with Gasteiger partial charge < -0.3 is 4.74 Å². The lowest BCUT2D eigenvalue weighted by atomic mass is 10.1. The predicted octanol–water partition coefficient (Wildman–Crippen LogP) is 5.19. The molecule has 1 aromatic heterocycles. The van der Waals surface area contributed by atoms with E-state index >= 15 is 0 Å². The first-order chi connectivity index (χ1) is 10.5. The van der Waals surface area contributed by atoms with Crippen LogP contribution in [0, 0.1) is 11.3 Å².